The summed E-state index contributed by atoms with van der Waals surface area (Å²) in [6.07, 6.45) is 1.76. The molecule has 0 spiro atoms. The van der Waals surface area contributed by atoms with Gasteiger partial charge in [-0.1, -0.05) is 84.9 Å². The topological polar surface area (TPSA) is 60.2 Å². The van der Waals surface area contributed by atoms with E-state index in [-0.39, 0.29) is 17.7 Å². The van der Waals surface area contributed by atoms with E-state index in [0.29, 0.717) is 4.91 Å². The summed E-state index contributed by atoms with van der Waals surface area (Å²) >= 11 is 1.40. The van der Waals surface area contributed by atoms with Gasteiger partial charge in [0.2, 0.25) is 0 Å². The molecule has 33 heavy (non-hydrogen) atoms. The molecular weight excluding hydrogens is 430 g/mol. The molecule has 6 heteroatoms. The van der Waals surface area contributed by atoms with Gasteiger partial charge in [-0.15, -0.1) is 5.75 Å². The average molecular weight is 456 g/mol. The van der Waals surface area contributed by atoms with E-state index in [1.165, 1.54) is 39.9 Å². The highest BCUT2D eigenvalue weighted by molar-refractivity contribution is 8.18. The third-order valence-corrected chi connectivity index (χ3v) is 7.16. The van der Waals surface area contributed by atoms with E-state index in [4.69, 9.17) is 0 Å². The van der Waals surface area contributed by atoms with E-state index < -0.39 is 0 Å². The molecule has 1 N–H and O–H groups in total. The maximum atomic E-state index is 12.5. The van der Waals surface area contributed by atoms with E-state index in [0.717, 1.165) is 36.9 Å². The van der Waals surface area contributed by atoms with E-state index >= 15 is 0 Å². The normalized spacial score (nSPS) is 18.2. The highest BCUT2D eigenvalue weighted by atomic mass is 32.2. The minimum atomic E-state index is -0.229. The number of amides is 1. The van der Waals surface area contributed by atoms with Gasteiger partial charge in [0.15, 0.2) is 5.17 Å². The fourth-order valence-corrected chi connectivity index (χ4v) is 5.48. The molecule has 0 unspecified atom stereocenters. The summed E-state index contributed by atoms with van der Waals surface area (Å²) in [5.41, 5.74) is 3.37. The minimum absolute atomic E-state index is 0.0635. The Labute approximate surface area is 198 Å². The first-order valence-corrected chi connectivity index (χ1v) is 12.0. The summed E-state index contributed by atoms with van der Waals surface area (Å²) in [6, 6.07) is 28.2. The SMILES string of the molecule is O=C1N=C(N2CC[NH+](C(c3ccccc3)c3ccccc3)CC2)SC1=Cc1cccc([O-])c1. The Balaban J connectivity index is 1.29. The van der Waals surface area contributed by atoms with Gasteiger partial charge < -0.3 is 14.9 Å². The van der Waals surface area contributed by atoms with E-state index in [1.54, 1.807) is 12.1 Å². The van der Waals surface area contributed by atoms with Crippen LogP contribution in [0.4, 0.5) is 0 Å². The van der Waals surface area contributed by atoms with Gasteiger partial charge in [0.1, 0.15) is 6.04 Å². The Bertz CT molecular complexity index is 1150. The highest BCUT2D eigenvalue weighted by Gasteiger charge is 2.33. The molecule has 1 fully saturated rings. The Morgan fingerprint density at radius 1 is 0.909 bits per heavy atom. The fourth-order valence-electron chi connectivity index (χ4n) is 4.52. The lowest BCUT2D eigenvalue weighted by atomic mass is 9.96. The molecule has 0 aliphatic carbocycles. The van der Waals surface area contributed by atoms with Crippen molar-refractivity contribution in [2.75, 3.05) is 26.2 Å². The van der Waals surface area contributed by atoms with Crippen molar-refractivity contribution in [1.29, 1.82) is 0 Å². The molecule has 0 radical (unpaired) electrons. The number of nitrogens with zero attached hydrogens (tertiary/aromatic N) is 2. The lowest BCUT2D eigenvalue weighted by Gasteiger charge is -2.37. The number of quaternary nitrogens is 1. The van der Waals surface area contributed by atoms with Crippen LogP contribution in [-0.4, -0.2) is 42.2 Å². The van der Waals surface area contributed by atoms with Gasteiger partial charge in [-0.25, -0.2) is 0 Å². The summed E-state index contributed by atoms with van der Waals surface area (Å²) in [4.78, 5) is 21.1. The maximum Gasteiger partial charge on any atom is 0.286 e. The van der Waals surface area contributed by atoms with E-state index in [1.807, 2.05) is 6.07 Å². The van der Waals surface area contributed by atoms with Crippen molar-refractivity contribution in [2.45, 2.75) is 6.04 Å². The molecule has 0 atom stereocenters. The average Bonchev–Trinajstić information content (AvgIpc) is 3.21. The van der Waals surface area contributed by atoms with Crippen molar-refractivity contribution in [3.05, 3.63) is 107 Å². The predicted octanol–water partition coefficient (Wildman–Crippen LogP) is 2.72. The van der Waals surface area contributed by atoms with Crippen molar-refractivity contribution in [2.24, 2.45) is 4.99 Å². The second-order valence-electron chi connectivity index (χ2n) is 8.28. The Hall–Kier alpha value is -3.35. The zero-order valence-corrected chi connectivity index (χ0v) is 19.0. The first kappa shape index (κ1) is 21.5. The van der Waals surface area contributed by atoms with E-state index in [2.05, 4.69) is 70.6 Å². The van der Waals surface area contributed by atoms with Gasteiger partial charge in [0.25, 0.3) is 5.91 Å². The fraction of sp³-hybridized carbons (Fsp3) is 0.185. The number of amidine groups is 1. The predicted molar refractivity (Wildman–Crippen MR) is 131 cm³/mol. The number of carbonyl (C=O) groups is 1. The lowest BCUT2D eigenvalue weighted by Crippen LogP contribution is -3.15. The first-order valence-electron chi connectivity index (χ1n) is 11.2. The quantitative estimate of drug-likeness (QED) is 0.615. The minimum Gasteiger partial charge on any atom is -0.872 e. The number of rotatable bonds is 4. The molecule has 0 aromatic heterocycles. The van der Waals surface area contributed by atoms with Crippen LogP contribution in [0.2, 0.25) is 0 Å². The number of piperazine rings is 1. The number of nitrogens with one attached hydrogen (secondary N) is 1. The van der Waals surface area contributed by atoms with Crippen LogP contribution in [0, 0.1) is 0 Å². The van der Waals surface area contributed by atoms with Crippen LogP contribution in [0.3, 0.4) is 0 Å². The number of benzene rings is 3. The molecular formula is C27H25N3O2S. The van der Waals surface area contributed by atoms with Gasteiger partial charge in [-0.05, 0) is 23.4 Å². The monoisotopic (exact) mass is 455 g/mol. The van der Waals surface area contributed by atoms with Crippen LogP contribution in [0.15, 0.2) is 94.8 Å². The van der Waals surface area contributed by atoms with Crippen LogP contribution < -0.4 is 10.0 Å². The number of carbonyl (C=O) groups excluding carboxylic acids is 1. The zero-order chi connectivity index (χ0) is 22.6. The number of thioether (sulfide) groups is 1. The van der Waals surface area contributed by atoms with Crippen LogP contribution in [0.5, 0.6) is 5.75 Å². The second kappa shape index (κ2) is 9.65. The van der Waals surface area contributed by atoms with Crippen LogP contribution in [-0.2, 0) is 4.79 Å². The lowest BCUT2D eigenvalue weighted by molar-refractivity contribution is -0.929. The molecule has 2 aliphatic heterocycles. The second-order valence-corrected chi connectivity index (χ2v) is 9.29. The molecule has 2 heterocycles. The standard InChI is InChI=1S/C27H25N3O2S/c31-23-13-7-8-20(18-23)19-24-26(32)28-27(33-24)30-16-14-29(15-17-30)25(21-9-3-1-4-10-21)22-11-5-2-6-12-22/h1-13,18-19,25,31H,14-17H2. The molecule has 3 aromatic carbocycles. The van der Waals surface area contributed by atoms with Gasteiger partial charge in [0, 0.05) is 11.1 Å². The zero-order valence-electron chi connectivity index (χ0n) is 18.2. The first-order chi connectivity index (χ1) is 16.2. The Kier molecular flexibility index (Phi) is 6.28. The highest BCUT2D eigenvalue weighted by Crippen LogP contribution is 2.30. The molecule has 5 rings (SSSR count). The molecule has 2 aliphatic rings. The smallest absolute Gasteiger partial charge is 0.286 e. The maximum absolute atomic E-state index is 12.5. The molecule has 3 aromatic rings. The van der Waals surface area contributed by atoms with Crippen molar-refractivity contribution in [1.82, 2.24) is 4.90 Å². The molecule has 5 nitrogen and oxygen atoms in total. The van der Waals surface area contributed by atoms with Crippen LogP contribution in [0.25, 0.3) is 6.08 Å². The third-order valence-electron chi connectivity index (χ3n) is 6.12. The molecule has 0 saturated carbocycles. The largest absolute Gasteiger partial charge is 0.872 e. The van der Waals surface area contributed by atoms with Crippen LogP contribution >= 0.6 is 11.8 Å². The third kappa shape index (κ3) is 4.87. The molecule has 0 bridgehead atoms. The Morgan fingerprint density at radius 3 is 2.15 bits per heavy atom. The summed E-state index contributed by atoms with van der Waals surface area (Å²) in [7, 11) is 0. The van der Waals surface area contributed by atoms with Gasteiger partial charge in [-0.3, -0.25) is 4.79 Å². The number of aliphatic imine (C=N–C) groups is 1. The summed E-state index contributed by atoms with van der Waals surface area (Å²) in [5, 5.41) is 12.4. The summed E-state index contributed by atoms with van der Waals surface area (Å²) < 4.78 is 0. The number of hydrogen-bond acceptors (Lipinski definition) is 4. The van der Waals surface area contributed by atoms with Gasteiger partial charge in [-0.2, -0.15) is 4.99 Å². The molecule has 1 saturated heterocycles. The molecule has 1 amide bonds. The molecule has 166 valence electrons. The summed E-state index contributed by atoms with van der Waals surface area (Å²) in [5.74, 6) is -0.293. The van der Waals surface area contributed by atoms with Crippen molar-refractivity contribution >= 4 is 28.9 Å². The number of hydrogen-bond donors (Lipinski definition) is 1. The van der Waals surface area contributed by atoms with Crippen molar-refractivity contribution in [3.63, 3.8) is 0 Å². The van der Waals surface area contributed by atoms with Crippen LogP contribution in [0.1, 0.15) is 22.7 Å². The van der Waals surface area contributed by atoms with Crippen molar-refractivity contribution < 1.29 is 14.8 Å². The van der Waals surface area contributed by atoms with E-state index in [9.17, 15) is 9.90 Å². The summed E-state index contributed by atoms with van der Waals surface area (Å²) in [6.45, 7) is 3.60. The van der Waals surface area contributed by atoms with Gasteiger partial charge >= 0.3 is 0 Å². The Morgan fingerprint density at radius 2 is 1.55 bits per heavy atom. The van der Waals surface area contributed by atoms with Crippen molar-refractivity contribution in [3.8, 4) is 5.75 Å². The van der Waals surface area contributed by atoms with Gasteiger partial charge in [0.05, 0.1) is 31.1 Å².